The highest BCUT2D eigenvalue weighted by atomic mass is 16.6. The average molecular weight is 250 g/mol. The topological polar surface area (TPSA) is 55.6 Å². The second kappa shape index (κ2) is 5.00. The molecule has 98 valence electrons. The Morgan fingerprint density at radius 2 is 2.11 bits per heavy atom. The zero-order valence-corrected chi connectivity index (χ0v) is 10.4. The third-order valence-corrected chi connectivity index (χ3v) is 3.87. The van der Waals surface area contributed by atoms with Crippen molar-refractivity contribution in [3.8, 4) is 0 Å². The van der Waals surface area contributed by atoms with Gasteiger partial charge < -0.3 is 14.1 Å². The molecule has 2 aliphatic rings. The van der Waals surface area contributed by atoms with Crippen molar-refractivity contribution < 1.29 is 13.9 Å². The second-order valence-corrected chi connectivity index (χ2v) is 5.07. The van der Waals surface area contributed by atoms with E-state index in [1.54, 1.807) is 17.4 Å². The van der Waals surface area contributed by atoms with Crippen molar-refractivity contribution in [3.05, 3.63) is 18.4 Å². The van der Waals surface area contributed by atoms with E-state index in [9.17, 15) is 4.79 Å². The first-order valence-corrected chi connectivity index (χ1v) is 6.68. The lowest BCUT2D eigenvalue weighted by molar-refractivity contribution is 0.0220. The molecule has 5 heteroatoms. The summed E-state index contributed by atoms with van der Waals surface area (Å²) in [5.41, 5.74) is 0. The fourth-order valence-electron chi connectivity index (χ4n) is 2.45. The van der Waals surface area contributed by atoms with Gasteiger partial charge in [0.25, 0.3) is 0 Å². The number of carbonyl (C=O) groups is 1. The first-order valence-electron chi connectivity index (χ1n) is 6.68. The largest absolute Gasteiger partial charge is 0.449 e. The fraction of sp³-hybridized carbons (Fsp3) is 0.692. The summed E-state index contributed by atoms with van der Waals surface area (Å²) in [6, 6.07) is 0. The third kappa shape index (κ3) is 2.35. The van der Waals surface area contributed by atoms with Crippen molar-refractivity contribution in [2.45, 2.75) is 44.1 Å². The Labute approximate surface area is 106 Å². The average Bonchev–Trinajstić information content (AvgIpc) is 2.87. The van der Waals surface area contributed by atoms with Crippen LogP contribution in [0.5, 0.6) is 0 Å². The number of piperidine rings is 1. The molecule has 1 amide bonds. The Morgan fingerprint density at radius 3 is 2.67 bits per heavy atom. The van der Waals surface area contributed by atoms with E-state index >= 15 is 0 Å². The Kier molecular flexibility index (Phi) is 3.21. The minimum absolute atomic E-state index is 0.148. The predicted molar refractivity (Wildman–Crippen MR) is 64.2 cm³/mol. The maximum atomic E-state index is 11.9. The van der Waals surface area contributed by atoms with Crippen LogP contribution < -0.4 is 0 Å². The summed E-state index contributed by atoms with van der Waals surface area (Å²) in [4.78, 5) is 17.8. The summed E-state index contributed by atoms with van der Waals surface area (Å²) in [5.74, 6) is 1.13. The van der Waals surface area contributed by atoms with E-state index in [2.05, 4.69) is 4.98 Å². The maximum absolute atomic E-state index is 11.9. The maximum Gasteiger partial charge on any atom is 0.410 e. The molecule has 1 aromatic heterocycles. The molecule has 0 atom stereocenters. The van der Waals surface area contributed by atoms with Crippen molar-refractivity contribution in [2.24, 2.45) is 0 Å². The molecule has 3 rings (SSSR count). The SMILES string of the molecule is O=C(OC1CCC1)N1CCC(c2ncco2)CC1. The standard InChI is InChI=1S/C13H18N2O3/c16-13(18-11-2-1-3-11)15-7-4-10(5-8-15)12-14-6-9-17-12/h6,9-11H,1-5,7-8H2. The zero-order valence-electron chi connectivity index (χ0n) is 10.4. The number of hydrogen-bond donors (Lipinski definition) is 0. The van der Waals surface area contributed by atoms with Crippen molar-refractivity contribution in [2.75, 3.05) is 13.1 Å². The molecular formula is C13H18N2O3. The fourth-order valence-corrected chi connectivity index (χ4v) is 2.45. The van der Waals surface area contributed by atoms with Crippen LogP contribution in [-0.4, -0.2) is 35.2 Å². The van der Waals surface area contributed by atoms with Gasteiger partial charge in [0.2, 0.25) is 0 Å². The van der Waals surface area contributed by atoms with Crippen molar-refractivity contribution in [1.29, 1.82) is 0 Å². The number of carbonyl (C=O) groups excluding carboxylic acids is 1. The molecule has 2 fully saturated rings. The van der Waals surface area contributed by atoms with Gasteiger partial charge in [0.1, 0.15) is 12.4 Å². The number of amides is 1. The molecule has 18 heavy (non-hydrogen) atoms. The van der Waals surface area contributed by atoms with E-state index in [1.165, 1.54) is 6.42 Å². The van der Waals surface area contributed by atoms with Gasteiger partial charge in [-0.3, -0.25) is 0 Å². The third-order valence-electron chi connectivity index (χ3n) is 3.87. The summed E-state index contributed by atoms with van der Waals surface area (Å²) in [6.07, 6.45) is 8.34. The molecule has 1 aliphatic carbocycles. The molecule has 5 nitrogen and oxygen atoms in total. The lowest BCUT2D eigenvalue weighted by Gasteiger charge is -2.33. The summed E-state index contributed by atoms with van der Waals surface area (Å²) in [7, 11) is 0. The van der Waals surface area contributed by atoms with Gasteiger partial charge in [-0.1, -0.05) is 0 Å². The van der Waals surface area contributed by atoms with E-state index in [0.717, 1.165) is 44.7 Å². The van der Waals surface area contributed by atoms with Crippen LogP contribution in [0.15, 0.2) is 16.9 Å². The minimum atomic E-state index is -0.148. The first-order chi connectivity index (χ1) is 8.83. The summed E-state index contributed by atoms with van der Waals surface area (Å²) in [6.45, 7) is 1.47. The van der Waals surface area contributed by atoms with Gasteiger partial charge >= 0.3 is 6.09 Å². The molecule has 0 radical (unpaired) electrons. The molecule has 1 saturated heterocycles. The quantitative estimate of drug-likeness (QED) is 0.809. The summed E-state index contributed by atoms with van der Waals surface area (Å²) < 4.78 is 10.7. The van der Waals surface area contributed by atoms with Crippen LogP contribution in [0.2, 0.25) is 0 Å². The van der Waals surface area contributed by atoms with E-state index in [1.807, 2.05) is 0 Å². The van der Waals surface area contributed by atoms with Crippen LogP contribution in [0.1, 0.15) is 43.9 Å². The minimum Gasteiger partial charge on any atom is -0.449 e. The number of oxazole rings is 1. The normalized spacial score (nSPS) is 21.7. The molecule has 0 spiro atoms. The van der Waals surface area contributed by atoms with E-state index < -0.39 is 0 Å². The first kappa shape index (κ1) is 11.6. The Bertz CT molecular complexity index is 392. The van der Waals surface area contributed by atoms with Crippen LogP contribution in [0.3, 0.4) is 0 Å². The number of aromatic nitrogens is 1. The Hall–Kier alpha value is -1.52. The van der Waals surface area contributed by atoms with Crippen molar-refractivity contribution in [3.63, 3.8) is 0 Å². The van der Waals surface area contributed by atoms with Gasteiger partial charge in [0, 0.05) is 19.0 Å². The van der Waals surface area contributed by atoms with Crippen LogP contribution in [0.4, 0.5) is 4.79 Å². The number of nitrogens with zero attached hydrogens (tertiary/aromatic N) is 2. The highest BCUT2D eigenvalue weighted by Crippen LogP contribution is 2.28. The van der Waals surface area contributed by atoms with Gasteiger partial charge in [-0.25, -0.2) is 9.78 Å². The summed E-state index contributed by atoms with van der Waals surface area (Å²) >= 11 is 0. The second-order valence-electron chi connectivity index (χ2n) is 5.07. The molecule has 1 aromatic rings. The van der Waals surface area contributed by atoms with Gasteiger partial charge in [-0.05, 0) is 32.1 Å². The highest BCUT2D eigenvalue weighted by molar-refractivity contribution is 5.68. The molecule has 0 bridgehead atoms. The van der Waals surface area contributed by atoms with Crippen LogP contribution >= 0.6 is 0 Å². The summed E-state index contributed by atoms with van der Waals surface area (Å²) in [5, 5.41) is 0. The van der Waals surface area contributed by atoms with E-state index in [-0.39, 0.29) is 12.2 Å². The number of ether oxygens (including phenoxy) is 1. The molecule has 0 N–H and O–H groups in total. The van der Waals surface area contributed by atoms with Crippen LogP contribution in [0, 0.1) is 0 Å². The van der Waals surface area contributed by atoms with Crippen molar-refractivity contribution in [1.82, 2.24) is 9.88 Å². The number of likely N-dealkylation sites (tertiary alicyclic amines) is 1. The van der Waals surface area contributed by atoms with Crippen molar-refractivity contribution >= 4 is 6.09 Å². The molecule has 0 aromatic carbocycles. The number of rotatable bonds is 2. The van der Waals surface area contributed by atoms with E-state index in [0.29, 0.717) is 5.92 Å². The van der Waals surface area contributed by atoms with Gasteiger partial charge in [-0.2, -0.15) is 0 Å². The van der Waals surface area contributed by atoms with Crippen LogP contribution in [0.25, 0.3) is 0 Å². The lowest BCUT2D eigenvalue weighted by Crippen LogP contribution is -2.41. The van der Waals surface area contributed by atoms with Gasteiger partial charge in [-0.15, -0.1) is 0 Å². The highest BCUT2D eigenvalue weighted by Gasteiger charge is 2.29. The molecular weight excluding hydrogens is 232 g/mol. The molecule has 2 heterocycles. The molecule has 1 saturated carbocycles. The predicted octanol–water partition coefficient (Wildman–Crippen LogP) is 2.54. The lowest BCUT2D eigenvalue weighted by atomic mass is 9.96. The molecule has 0 unspecified atom stereocenters. The zero-order chi connectivity index (χ0) is 12.4. The van der Waals surface area contributed by atoms with E-state index in [4.69, 9.17) is 9.15 Å². The Morgan fingerprint density at radius 1 is 1.33 bits per heavy atom. The Balaban J connectivity index is 1.48. The van der Waals surface area contributed by atoms with Gasteiger partial charge in [0.15, 0.2) is 5.89 Å². The molecule has 1 aliphatic heterocycles. The van der Waals surface area contributed by atoms with Crippen LogP contribution in [-0.2, 0) is 4.74 Å². The monoisotopic (exact) mass is 250 g/mol. The number of hydrogen-bond acceptors (Lipinski definition) is 4. The smallest absolute Gasteiger partial charge is 0.410 e. The van der Waals surface area contributed by atoms with Gasteiger partial charge in [0.05, 0.1) is 6.20 Å².